The second-order valence-corrected chi connectivity index (χ2v) is 8.33. The third-order valence-electron chi connectivity index (χ3n) is 5.20. The molecule has 0 aliphatic heterocycles. The summed E-state index contributed by atoms with van der Waals surface area (Å²) in [6, 6.07) is 8.25. The van der Waals surface area contributed by atoms with Crippen LogP contribution in [0, 0.1) is 21.4 Å². The lowest BCUT2D eigenvalue weighted by Crippen LogP contribution is -2.52. The summed E-state index contributed by atoms with van der Waals surface area (Å²) in [7, 11) is 1.68. The van der Waals surface area contributed by atoms with E-state index in [0.29, 0.717) is 18.4 Å². The van der Waals surface area contributed by atoms with E-state index in [0.717, 1.165) is 31.0 Å². The molecular formula is C19H21N5O4S. The molecule has 1 aliphatic rings. The highest BCUT2D eigenvalue weighted by Crippen LogP contribution is 2.35. The molecule has 1 saturated carbocycles. The van der Waals surface area contributed by atoms with Crippen molar-refractivity contribution in [2.45, 2.75) is 55.0 Å². The van der Waals surface area contributed by atoms with E-state index in [4.69, 9.17) is 4.42 Å². The number of hydrogen-bond donors (Lipinski definition) is 0. The number of rotatable bonds is 6. The van der Waals surface area contributed by atoms with E-state index in [2.05, 4.69) is 16.3 Å². The largest absolute Gasteiger partial charge is 0.411 e. The highest BCUT2D eigenvalue weighted by molar-refractivity contribution is 8.00. The number of nitriles is 1. The van der Waals surface area contributed by atoms with E-state index in [9.17, 15) is 20.2 Å². The average molecular weight is 415 g/mol. The van der Waals surface area contributed by atoms with Crippen LogP contribution >= 0.6 is 11.8 Å². The number of carbonyl (C=O) groups is 1. The Balaban J connectivity index is 1.70. The summed E-state index contributed by atoms with van der Waals surface area (Å²) in [5.41, 5.74) is -0.401. The quantitative estimate of drug-likeness (QED) is 0.396. The smallest absolute Gasteiger partial charge is 0.277 e. The number of nitro benzene ring substituents is 1. The van der Waals surface area contributed by atoms with Gasteiger partial charge in [0.25, 0.3) is 10.9 Å². The normalized spacial score (nSPS) is 16.6. The zero-order valence-corrected chi connectivity index (χ0v) is 17.0. The summed E-state index contributed by atoms with van der Waals surface area (Å²) < 4.78 is 5.58. The van der Waals surface area contributed by atoms with Crippen LogP contribution in [0.3, 0.4) is 0 Å². The number of hydrogen-bond acceptors (Lipinski definition) is 8. The Morgan fingerprint density at radius 3 is 2.76 bits per heavy atom. The van der Waals surface area contributed by atoms with Crippen molar-refractivity contribution in [2.75, 3.05) is 7.05 Å². The first-order valence-corrected chi connectivity index (χ1v) is 10.2. The first kappa shape index (κ1) is 20.8. The van der Waals surface area contributed by atoms with E-state index in [1.807, 2.05) is 0 Å². The molecular weight excluding hydrogens is 394 g/mol. The Labute approximate surface area is 172 Å². The van der Waals surface area contributed by atoms with Gasteiger partial charge in [-0.15, -0.1) is 10.2 Å². The van der Waals surface area contributed by atoms with Crippen LogP contribution in [0.25, 0.3) is 11.5 Å². The number of amides is 1. The van der Waals surface area contributed by atoms with Crippen molar-refractivity contribution in [3.63, 3.8) is 0 Å². The highest BCUT2D eigenvalue weighted by Gasteiger charge is 2.40. The standard InChI is InChI=1S/C19H21N5O4S/c1-13(17(25)23(2)19(12-20)9-4-3-5-10-19)29-18-22-21-16(28-18)14-7-6-8-15(11-14)24(26)27/h6-8,11,13H,3-5,9-10H2,1-2H3/t13-/m0/s1. The summed E-state index contributed by atoms with van der Waals surface area (Å²) in [6.07, 6.45) is 4.31. The van der Waals surface area contributed by atoms with Gasteiger partial charge in [0.1, 0.15) is 5.54 Å². The fourth-order valence-electron chi connectivity index (χ4n) is 3.47. The maximum absolute atomic E-state index is 12.9. The molecule has 0 radical (unpaired) electrons. The van der Waals surface area contributed by atoms with Gasteiger partial charge in [-0.25, -0.2) is 0 Å². The molecule has 2 aromatic rings. The molecule has 0 unspecified atom stereocenters. The van der Waals surface area contributed by atoms with Gasteiger partial charge in [-0.05, 0) is 25.8 Å². The number of benzene rings is 1. The Hall–Kier alpha value is -2.93. The van der Waals surface area contributed by atoms with Crippen LogP contribution < -0.4 is 0 Å². The molecule has 1 amide bonds. The van der Waals surface area contributed by atoms with Gasteiger partial charge < -0.3 is 9.32 Å². The SMILES string of the molecule is C[C@H](Sc1nnc(-c2cccc([N+](=O)[O-])c2)o1)C(=O)N(C)C1(C#N)CCCCC1. The van der Waals surface area contributed by atoms with Crippen molar-refractivity contribution < 1.29 is 14.1 Å². The van der Waals surface area contributed by atoms with Gasteiger partial charge in [0.05, 0.1) is 16.2 Å². The molecule has 0 N–H and O–H groups in total. The van der Waals surface area contributed by atoms with Crippen LogP contribution in [-0.2, 0) is 4.79 Å². The Kier molecular flexibility index (Phi) is 6.17. The van der Waals surface area contributed by atoms with Crippen LogP contribution in [0.15, 0.2) is 33.9 Å². The van der Waals surface area contributed by atoms with Crippen molar-refractivity contribution in [3.05, 3.63) is 34.4 Å². The molecule has 1 aliphatic carbocycles. The van der Waals surface area contributed by atoms with Crippen molar-refractivity contribution in [1.29, 1.82) is 5.26 Å². The van der Waals surface area contributed by atoms with Gasteiger partial charge in [-0.3, -0.25) is 14.9 Å². The van der Waals surface area contributed by atoms with Crippen molar-refractivity contribution >= 4 is 23.4 Å². The van der Waals surface area contributed by atoms with Crippen molar-refractivity contribution in [3.8, 4) is 17.5 Å². The number of nitrogens with zero attached hydrogens (tertiary/aromatic N) is 5. The average Bonchev–Trinajstić information content (AvgIpc) is 3.21. The summed E-state index contributed by atoms with van der Waals surface area (Å²) in [5, 5.41) is 28.1. The van der Waals surface area contributed by atoms with E-state index in [-0.39, 0.29) is 22.7 Å². The summed E-state index contributed by atoms with van der Waals surface area (Å²) >= 11 is 1.10. The first-order chi connectivity index (χ1) is 13.9. The molecule has 1 fully saturated rings. The van der Waals surface area contributed by atoms with Crippen LogP contribution in [0.2, 0.25) is 0 Å². The highest BCUT2D eigenvalue weighted by atomic mass is 32.2. The summed E-state index contributed by atoms with van der Waals surface area (Å²) in [5.74, 6) is -0.0291. The van der Waals surface area contributed by atoms with Gasteiger partial charge in [0.15, 0.2) is 0 Å². The zero-order valence-electron chi connectivity index (χ0n) is 16.2. The third kappa shape index (κ3) is 4.40. The van der Waals surface area contributed by atoms with Gasteiger partial charge in [-0.2, -0.15) is 5.26 Å². The zero-order chi connectivity index (χ0) is 21.0. The van der Waals surface area contributed by atoms with Crippen LogP contribution in [-0.4, -0.2) is 43.8 Å². The molecule has 29 heavy (non-hydrogen) atoms. The summed E-state index contributed by atoms with van der Waals surface area (Å²) in [6.45, 7) is 1.73. The van der Waals surface area contributed by atoms with E-state index >= 15 is 0 Å². The molecule has 0 saturated heterocycles. The molecule has 0 bridgehead atoms. The molecule has 9 nitrogen and oxygen atoms in total. The van der Waals surface area contributed by atoms with E-state index < -0.39 is 15.7 Å². The van der Waals surface area contributed by atoms with Crippen LogP contribution in [0.1, 0.15) is 39.0 Å². The number of carbonyl (C=O) groups excluding carboxylic acids is 1. The third-order valence-corrected chi connectivity index (χ3v) is 6.12. The van der Waals surface area contributed by atoms with Crippen molar-refractivity contribution in [1.82, 2.24) is 15.1 Å². The molecule has 0 spiro atoms. The van der Waals surface area contributed by atoms with Gasteiger partial charge in [-0.1, -0.05) is 37.1 Å². The minimum absolute atomic E-state index is 0.0747. The van der Waals surface area contributed by atoms with E-state index in [1.54, 1.807) is 24.9 Å². The molecule has 1 aromatic heterocycles. The first-order valence-electron chi connectivity index (χ1n) is 9.30. The number of thioether (sulfide) groups is 1. The Bertz CT molecular complexity index is 948. The molecule has 1 heterocycles. The molecule has 10 heteroatoms. The number of aromatic nitrogens is 2. The molecule has 3 rings (SSSR count). The lowest BCUT2D eigenvalue weighted by molar-refractivity contribution is -0.384. The predicted molar refractivity (Wildman–Crippen MR) is 106 cm³/mol. The van der Waals surface area contributed by atoms with Gasteiger partial charge in [0.2, 0.25) is 11.8 Å². The van der Waals surface area contributed by atoms with Gasteiger partial charge in [0, 0.05) is 24.7 Å². The molecule has 152 valence electrons. The number of nitro groups is 1. The Morgan fingerprint density at radius 1 is 1.38 bits per heavy atom. The van der Waals surface area contributed by atoms with Crippen molar-refractivity contribution in [2.24, 2.45) is 0 Å². The fraction of sp³-hybridized carbons (Fsp3) is 0.474. The van der Waals surface area contributed by atoms with Gasteiger partial charge >= 0.3 is 0 Å². The lowest BCUT2D eigenvalue weighted by atomic mass is 9.81. The maximum Gasteiger partial charge on any atom is 0.277 e. The lowest BCUT2D eigenvalue weighted by Gasteiger charge is -2.39. The Morgan fingerprint density at radius 2 is 2.10 bits per heavy atom. The number of non-ortho nitro benzene ring substituents is 1. The predicted octanol–water partition coefficient (Wildman–Crippen LogP) is 3.81. The molecule has 1 aromatic carbocycles. The fourth-order valence-corrected chi connectivity index (χ4v) is 4.25. The maximum atomic E-state index is 12.9. The van der Waals surface area contributed by atoms with E-state index in [1.165, 1.54) is 18.2 Å². The topological polar surface area (TPSA) is 126 Å². The van der Waals surface area contributed by atoms with Crippen LogP contribution in [0.5, 0.6) is 0 Å². The second-order valence-electron chi connectivity index (χ2n) is 7.04. The molecule has 1 atom stereocenters. The van der Waals surface area contributed by atoms with Crippen LogP contribution in [0.4, 0.5) is 5.69 Å². The second kappa shape index (κ2) is 8.61. The minimum Gasteiger partial charge on any atom is -0.411 e. The monoisotopic (exact) mass is 415 g/mol. The minimum atomic E-state index is -0.757. The summed E-state index contributed by atoms with van der Waals surface area (Å²) in [4.78, 5) is 24.9.